The molecule has 2 unspecified atom stereocenters. The zero-order valence-electron chi connectivity index (χ0n) is 19.4. The van der Waals surface area contributed by atoms with Crippen molar-refractivity contribution >= 4 is 27.6 Å². The van der Waals surface area contributed by atoms with E-state index in [0.717, 1.165) is 0 Å². The molecular formula is C20H27ClN6O6S. The third-order valence-electron chi connectivity index (χ3n) is 5.04. The molecule has 0 radical (unpaired) electrons. The maximum absolute atomic E-state index is 13.3. The molecule has 0 bridgehead atoms. The summed E-state index contributed by atoms with van der Waals surface area (Å²) < 4.78 is 52.5. The number of methoxy groups -OCH3 is 3. The first-order valence-corrected chi connectivity index (χ1v) is 12.2. The molecule has 0 spiro atoms. The Bertz CT molecular complexity index is 1180. The van der Waals surface area contributed by atoms with Crippen LogP contribution >= 0.6 is 11.6 Å². The van der Waals surface area contributed by atoms with Crippen molar-refractivity contribution in [3.63, 3.8) is 0 Å². The molecule has 0 saturated carbocycles. The summed E-state index contributed by atoms with van der Waals surface area (Å²) in [4.78, 5) is 8.19. The number of rotatable bonds is 12. The van der Waals surface area contributed by atoms with E-state index in [2.05, 4.69) is 24.9 Å². The van der Waals surface area contributed by atoms with Crippen LogP contribution in [-0.2, 0) is 24.2 Å². The first-order chi connectivity index (χ1) is 16.2. The van der Waals surface area contributed by atoms with E-state index < -0.39 is 27.4 Å². The monoisotopic (exact) mass is 514 g/mol. The number of ether oxygens (including phenoxy) is 3. The molecule has 0 aromatic carbocycles. The summed E-state index contributed by atoms with van der Waals surface area (Å²) in [5.74, 6) is 1.56. The predicted octanol–water partition coefficient (Wildman–Crippen LogP) is 2.64. The number of aromatic nitrogens is 5. The SMILES string of the molecule is COCC(COC)n1c(NS(=O)(=O)C(C)C(OC)c2ncc(Cl)cn2)nnc1-c1ccc(C)o1. The molecule has 14 heteroatoms. The van der Waals surface area contributed by atoms with Crippen LogP contribution in [0.4, 0.5) is 5.95 Å². The first-order valence-electron chi connectivity index (χ1n) is 10.2. The standard InChI is InChI=1S/C20H27ClN6O6S/c1-12-6-7-16(33-12)19-24-25-20(27(19)15(10-30-3)11-31-4)26-34(28,29)13(2)17(32-5)18-22-8-14(21)9-23-18/h6-9,13,15,17H,10-11H2,1-5H3,(H,25,26). The fraction of sp³-hybridized carbons (Fsp3) is 0.500. The molecule has 3 aromatic rings. The second-order valence-corrected chi connectivity index (χ2v) is 9.93. The summed E-state index contributed by atoms with van der Waals surface area (Å²) in [5.41, 5.74) is 0. The Morgan fingerprint density at radius 3 is 2.29 bits per heavy atom. The van der Waals surface area contributed by atoms with Gasteiger partial charge in [-0.1, -0.05) is 11.6 Å². The van der Waals surface area contributed by atoms with E-state index in [9.17, 15) is 8.42 Å². The number of halogens is 1. The van der Waals surface area contributed by atoms with Gasteiger partial charge in [-0.25, -0.2) is 18.4 Å². The van der Waals surface area contributed by atoms with Crippen LogP contribution in [0.5, 0.6) is 0 Å². The van der Waals surface area contributed by atoms with Crippen LogP contribution in [-0.4, -0.2) is 72.9 Å². The summed E-state index contributed by atoms with van der Waals surface area (Å²) in [7, 11) is 0.386. The van der Waals surface area contributed by atoms with Gasteiger partial charge in [0, 0.05) is 33.7 Å². The molecule has 0 aliphatic heterocycles. The molecule has 0 saturated heterocycles. The van der Waals surface area contributed by atoms with Gasteiger partial charge in [-0.2, -0.15) is 0 Å². The zero-order valence-corrected chi connectivity index (χ0v) is 21.0. The molecule has 3 aromatic heterocycles. The van der Waals surface area contributed by atoms with Crippen molar-refractivity contribution in [1.29, 1.82) is 0 Å². The lowest BCUT2D eigenvalue weighted by Gasteiger charge is -2.24. The van der Waals surface area contributed by atoms with Gasteiger partial charge in [-0.05, 0) is 26.0 Å². The average Bonchev–Trinajstić information content (AvgIpc) is 3.41. The van der Waals surface area contributed by atoms with Gasteiger partial charge in [-0.15, -0.1) is 10.2 Å². The van der Waals surface area contributed by atoms with Gasteiger partial charge in [0.25, 0.3) is 0 Å². The lowest BCUT2D eigenvalue weighted by Crippen LogP contribution is -2.34. The lowest BCUT2D eigenvalue weighted by molar-refractivity contribution is 0.0906. The minimum Gasteiger partial charge on any atom is -0.458 e. The quantitative estimate of drug-likeness (QED) is 0.383. The van der Waals surface area contributed by atoms with Crippen LogP contribution in [0.2, 0.25) is 5.02 Å². The highest BCUT2D eigenvalue weighted by molar-refractivity contribution is 7.93. The van der Waals surface area contributed by atoms with E-state index in [1.165, 1.54) is 40.6 Å². The molecule has 0 amide bonds. The Labute approximate surface area is 202 Å². The maximum atomic E-state index is 13.3. The number of sulfonamides is 1. The lowest BCUT2D eigenvalue weighted by atomic mass is 10.2. The van der Waals surface area contributed by atoms with Gasteiger partial charge in [0.2, 0.25) is 21.8 Å². The van der Waals surface area contributed by atoms with Crippen LogP contribution in [0.1, 0.15) is 30.7 Å². The van der Waals surface area contributed by atoms with Gasteiger partial charge in [-0.3, -0.25) is 9.29 Å². The summed E-state index contributed by atoms with van der Waals surface area (Å²) in [6, 6.07) is 3.06. The third-order valence-corrected chi connectivity index (χ3v) is 6.93. The smallest absolute Gasteiger partial charge is 0.240 e. The van der Waals surface area contributed by atoms with Gasteiger partial charge in [0.15, 0.2) is 11.6 Å². The van der Waals surface area contributed by atoms with E-state index in [1.54, 1.807) is 23.6 Å². The average molecular weight is 515 g/mol. The van der Waals surface area contributed by atoms with Crippen LogP contribution in [0, 0.1) is 6.92 Å². The Morgan fingerprint density at radius 2 is 1.76 bits per heavy atom. The van der Waals surface area contributed by atoms with Crippen molar-refractivity contribution in [3.05, 3.63) is 41.1 Å². The highest BCUT2D eigenvalue weighted by Gasteiger charge is 2.35. The summed E-state index contributed by atoms with van der Waals surface area (Å²) in [5, 5.41) is 7.49. The van der Waals surface area contributed by atoms with Crippen molar-refractivity contribution in [2.24, 2.45) is 0 Å². The fourth-order valence-corrected chi connectivity index (χ4v) is 4.61. The molecule has 0 aliphatic carbocycles. The van der Waals surface area contributed by atoms with Crippen LogP contribution in [0.15, 0.2) is 28.9 Å². The topological polar surface area (TPSA) is 143 Å². The van der Waals surface area contributed by atoms with Crippen molar-refractivity contribution in [2.75, 3.05) is 39.3 Å². The minimum atomic E-state index is -4.06. The fourth-order valence-electron chi connectivity index (χ4n) is 3.37. The van der Waals surface area contributed by atoms with Crippen molar-refractivity contribution in [3.8, 4) is 11.6 Å². The van der Waals surface area contributed by atoms with Crippen LogP contribution in [0.25, 0.3) is 11.6 Å². The number of aryl methyl sites for hydroxylation is 1. The van der Waals surface area contributed by atoms with Crippen molar-refractivity contribution < 1.29 is 27.0 Å². The summed E-state index contributed by atoms with van der Waals surface area (Å²) in [6.45, 7) is 3.69. The summed E-state index contributed by atoms with van der Waals surface area (Å²) in [6.07, 6.45) is 1.78. The van der Waals surface area contributed by atoms with E-state index >= 15 is 0 Å². The Kier molecular flexibility index (Phi) is 8.60. The molecule has 3 rings (SSSR count). The molecule has 1 N–H and O–H groups in total. The molecule has 186 valence electrons. The minimum absolute atomic E-state index is 0.0260. The molecule has 0 aliphatic rings. The van der Waals surface area contributed by atoms with E-state index in [-0.39, 0.29) is 25.0 Å². The van der Waals surface area contributed by atoms with Crippen LogP contribution < -0.4 is 4.72 Å². The highest BCUT2D eigenvalue weighted by Crippen LogP contribution is 2.30. The third kappa shape index (κ3) is 5.73. The van der Waals surface area contributed by atoms with E-state index in [0.29, 0.717) is 22.4 Å². The van der Waals surface area contributed by atoms with Gasteiger partial charge < -0.3 is 18.6 Å². The number of nitrogens with zero attached hydrogens (tertiary/aromatic N) is 5. The van der Waals surface area contributed by atoms with Crippen molar-refractivity contribution in [1.82, 2.24) is 24.7 Å². The van der Waals surface area contributed by atoms with Gasteiger partial charge in [0.1, 0.15) is 17.1 Å². The molecular weight excluding hydrogens is 488 g/mol. The zero-order chi connectivity index (χ0) is 24.9. The number of hydrogen-bond donors (Lipinski definition) is 1. The first kappa shape index (κ1) is 26.0. The number of hydrogen-bond acceptors (Lipinski definition) is 10. The van der Waals surface area contributed by atoms with Gasteiger partial charge in [0.05, 0.1) is 24.3 Å². The molecule has 2 atom stereocenters. The number of furan rings is 1. The van der Waals surface area contributed by atoms with E-state index in [4.69, 9.17) is 30.2 Å². The molecule has 0 fully saturated rings. The Hall–Kier alpha value is -2.58. The largest absolute Gasteiger partial charge is 0.458 e. The Morgan fingerprint density at radius 1 is 1.12 bits per heavy atom. The molecule has 34 heavy (non-hydrogen) atoms. The highest BCUT2D eigenvalue weighted by atomic mass is 35.5. The van der Waals surface area contributed by atoms with Crippen LogP contribution in [0.3, 0.4) is 0 Å². The van der Waals surface area contributed by atoms with Gasteiger partial charge >= 0.3 is 0 Å². The Balaban J connectivity index is 1.99. The number of anilines is 1. The second kappa shape index (κ2) is 11.2. The maximum Gasteiger partial charge on any atom is 0.240 e. The molecule has 3 heterocycles. The second-order valence-electron chi connectivity index (χ2n) is 7.46. The number of nitrogens with one attached hydrogen (secondary N) is 1. The normalized spacial score (nSPS) is 13.9. The summed E-state index contributed by atoms with van der Waals surface area (Å²) >= 11 is 5.85. The van der Waals surface area contributed by atoms with Crippen molar-refractivity contribution in [2.45, 2.75) is 31.2 Å². The predicted molar refractivity (Wildman–Crippen MR) is 124 cm³/mol. The molecule has 12 nitrogen and oxygen atoms in total. The van der Waals surface area contributed by atoms with E-state index in [1.807, 2.05) is 0 Å².